The number of carbonyl (C=O) groups is 2. The molecule has 0 radical (unpaired) electrons. The molecule has 0 spiro atoms. The molecule has 0 saturated carbocycles. The molecular formula is C16H20ClN3O2. The highest BCUT2D eigenvalue weighted by molar-refractivity contribution is 6.31. The smallest absolute Gasteiger partial charge is 0.239 e. The van der Waals surface area contributed by atoms with E-state index in [0.29, 0.717) is 18.0 Å². The van der Waals surface area contributed by atoms with E-state index in [1.54, 1.807) is 17.0 Å². The first-order valence-corrected chi connectivity index (χ1v) is 8.11. The summed E-state index contributed by atoms with van der Waals surface area (Å²) in [5, 5.41) is 6.85. The Morgan fingerprint density at radius 3 is 2.95 bits per heavy atom. The fraction of sp³-hybridized carbons (Fsp3) is 0.500. The molecule has 2 fully saturated rings. The number of nitrogens with zero attached hydrogens (tertiary/aromatic N) is 1. The van der Waals surface area contributed by atoms with Crippen LogP contribution in [0.1, 0.15) is 19.3 Å². The summed E-state index contributed by atoms with van der Waals surface area (Å²) in [4.78, 5) is 26.5. The van der Waals surface area contributed by atoms with Crippen LogP contribution in [-0.4, -0.2) is 37.5 Å². The van der Waals surface area contributed by atoms with E-state index in [4.69, 9.17) is 11.6 Å². The number of amides is 2. The Balaban J connectivity index is 1.64. The minimum atomic E-state index is -0.582. The van der Waals surface area contributed by atoms with Gasteiger partial charge in [-0.2, -0.15) is 0 Å². The molecule has 2 aliphatic heterocycles. The summed E-state index contributed by atoms with van der Waals surface area (Å²) < 4.78 is 0. The predicted octanol–water partition coefficient (Wildman–Crippen LogP) is 1.56. The van der Waals surface area contributed by atoms with E-state index in [0.717, 1.165) is 31.6 Å². The second-order valence-electron chi connectivity index (χ2n) is 5.86. The number of halogens is 1. The lowest BCUT2D eigenvalue weighted by atomic mass is 10.0. The number of hydrogen-bond donors (Lipinski definition) is 2. The summed E-state index contributed by atoms with van der Waals surface area (Å²) in [6, 6.07) is 7.31. The van der Waals surface area contributed by atoms with Gasteiger partial charge in [-0.05, 0) is 44.0 Å². The third-order valence-corrected chi connectivity index (χ3v) is 4.52. The number of benzene rings is 1. The fourth-order valence-corrected chi connectivity index (χ4v) is 3.28. The van der Waals surface area contributed by atoms with Gasteiger partial charge >= 0.3 is 0 Å². The van der Waals surface area contributed by atoms with E-state index in [-0.39, 0.29) is 17.9 Å². The first kappa shape index (κ1) is 15.3. The lowest BCUT2D eigenvalue weighted by molar-refractivity contribution is -0.132. The van der Waals surface area contributed by atoms with Crippen molar-refractivity contribution in [3.05, 3.63) is 29.3 Å². The van der Waals surface area contributed by atoms with Gasteiger partial charge in [-0.3, -0.25) is 9.59 Å². The standard InChI is InChI=1S/C16H20ClN3O2/c17-11-3-1-5-13(9-11)20-8-6-14(16(20)22)15(21)19-12-4-2-7-18-10-12/h1,3,5,9,12,14,18H,2,4,6-8,10H2,(H,19,21). The zero-order valence-corrected chi connectivity index (χ0v) is 13.1. The monoisotopic (exact) mass is 321 g/mol. The lowest BCUT2D eigenvalue weighted by Gasteiger charge is -2.25. The second kappa shape index (κ2) is 6.67. The van der Waals surface area contributed by atoms with Crippen molar-refractivity contribution < 1.29 is 9.59 Å². The highest BCUT2D eigenvalue weighted by Crippen LogP contribution is 2.27. The molecule has 5 nitrogen and oxygen atoms in total. The number of anilines is 1. The summed E-state index contributed by atoms with van der Waals surface area (Å²) in [5.74, 6) is -0.868. The van der Waals surface area contributed by atoms with Gasteiger partial charge in [0.2, 0.25) is 11.8 Å². The van der Waals surface area contributed by atoms with Gasteiger partial charge in [-0.1, -0.05) is 17.7 Å². The van der Waals surface area contributed by atoms with Gasteiger partial charge in [0.25, 0.3) is 0 Å². The summed E-state index contributed by atoms with van der Waals surface area (Å²) in [7, 11) is 0. The first-order chi connectivity index (χ1) is 10.6. The second-order valence-corrected chi connectivity index (χ2v) is 6.30. The maximum atomic E-state index is 12.5. The molecule has 6 heteroatoms. The van der Waals surface area contributed by atoms with Crippen molar-refractivity contribution in [3.8, 4) is 0 Å². The van der Waals surface area contributed by atoms with E-state index < -0.39 is 5.92 Å². The van der Waals surface area contributed by atoms with Crippen molar-refractivity contribution in [3.63, 3.8) is 0 Å². The molecule has 2 N–H and O–H groups in total. The molecule has 3 rings (SSSR count). The normalized spacial score (nSPS) is 25.3. The van der Waals surface area contributed by atoms with Crippen LogP contribution in [0.25, 0.3) is 0 Å². The Kier molecular flexibility index (Phi) is 4.64. The zero-order valence-electron chi connectivity index (χ0n) is 12.3. The van der Waals surface area contributed by atoms with Crippen LogP contribution in [0.4, 0.5) is 5.69 Å². The summed E-state index contributed by atoms with van der Waals surface area (Å²) in [5.41, 5.74) is 0.757. The summed E-state index contributed by atoms with van der Waals surface area (Å²) in [6.45, 7) is 2.34. The molecule has 2 aliphatic rings. The minimum absolute atomic E-state index is 0.134. The molecule has 1 aromatic carbocycles. The third kappa shape index (κ3) is 3.25. The van der Waals surface area contributed by atoms with Crippen LogP contribution in [0.5, 0.6) is 0 Å². The molecule has 1 aromatic rings. The van der Waals surface area contributed by atoms with Crippen molar-refractivity contribution >= 4 is 29.1 Å². The Labute approximate surface area is 135 Å². The molecule has 2 saturated heterocycles. The predicted molar refractivity (Wildman–Crippen MR) is 85.9 cm³/mol. The SMILES string of the molecule is O=C(NC1CCCNC1)C1CCN(c2cccc(Cl)c2)C1=O. The maximum absolute atomic E-state index is 12.5. The number of piperidine rings is 1. The molecular weight excluding hydrogens is 302 g/mol. The number of rotatable bonds is 3. The van der Waals surface area contributed by atoms with E-state index >= 15 is 0 Å². The van der Waals surface area contributed by atoms with Crippen LogP contribution in [0.3, 0.4) is 0 Å². The molecule has 2 unspecified atom stereocenters. The zero-order chi connectivity index (χ0) is 15.5. The highest BCUT2D eigenvalue weighted by Gasteiger charge is 2.38. The van der Waals surface area contributed by atoms with Gasteiger partial charge < -0.3 is 15.5 Å². The molecule has 0 aliphatic carbocycles. The van der Waals surface area contributed by atoms with Crippen molar-refractivity contribution in [2.75, 3.05) is 24.5 Å². The average Bonchev–Trinajstić information content (AvgIpc) is 2.90. The molecule has 0 bridgehead atoms. The highest BCUT2D eigenvalue weighted by atomic mass is 35.5. The average molecular weight is 322 g/mol. The van der Waals surface area contributed by atoms with Crippen LogP contribution in [0, 0.1) is 5.92 Å². The fourth-order valence-electron chi connectivity index (χ4n) is 3.10. The van der Waals surface area contributed by atoms with Crippen molar-refractivity contribution in [2.45, 2.75) is 25.3 Å². The van der Waals surface area contributed by atoms with Crippen molar-refractivity contribution in [1.29, 1.82) is 0 Å². The Hall–Kier alpha value is -1.59. The van der Waals surface area contributed by atoms with Crippen LogP contribution < -0.4 is 15.5 Å². The summed E-state index contributed by atoms with van der Waals surface area (Å²) in [6.07, 6.45) is 2.58. The quantitative estimate of drug-likeness (QED) is 0.831. The topological polar surface area (TPSA) is 61.4 Å². The largest absolute Gasteiger partial charge is 0.351 e. The maximum Gasteiger partial charge on any atom is 0.239 e. The van der Waals surface area contributed by atoms with Gasteiger partial charge in [0, 0.05) is 29.8 Å². The third-order valence-electron chi connectivity index (χ3n) is 4.29. The van der Waals surface area contributed by atoms with Crippen LogP contribution >= 0.6 is 11.6 Å². The molecule has 2 heterocycles. The summed E-state index contributed by atoms with van der Waals surface area (Å²) >= 11 is 5.97. The molecule has 118 valence electrons. The molecule has 2 amide bonds. The molecule has 2 atom stereocenters. The van der Waals surface area contributed by atoms with Crippen molar-refractivity contribution in [1.82, 2.24) is 10.6 Å². The van der Waals surface area contributed by atoms with Gasteiger partial charge in [0.15, 0.2) is 0 Å². The van der Waals surface area contributed by atoms with Gasteiger partial charge in [-0.15, -0.1) is 0 Å². The van der Waals surface area contributed by atoms with Gasteiger partial charge in [0.1, 0.15) is 5.92 Å². The number of nitrogens with one attached hydrogen (secondary N) is 2. The van der Waals surface area contributed by atoms with Crippen LogP contribution in [0.2, 0.25) is 5.02 Å². The Morgan fingerprint density at radius 1 is 1.36 bits per heavy atom. The molecule has 0 aromatic heterocycles. The Bertz CT molecular complexity index is 572. The first-order valence-electron chi connectivity index (χ1n) is 7.73. The van der Waals surface area contributed by atoms with Crippen LogP contribution in [-0.2, 0) is 9.59 Å². The van der Waals surface area contributed by atoms with Crippen molar-refractivity contribution in [2.24, 2.45) is 5.92 Å². The van der Waals surface area contributed by atoms with E-state index in [1.807, 2.05) is 12.1 Å². The minimum Gasteiger partial charge on any atom is -0.351 e. The number of carbonyl (C=O) groups excluding carboxylic acids is 2. The van der Waals surface area contributed by atoms with Gasteiger partial charge in [-0.25, -0.2) is 0 Å². The van der Waals surface area contributed by atoms with Crippen LogP contribution in [0.15, 0.2) is 24.3 Å². The van der Waals surface area contributed by atoms with E-state index in [1.165, 1.54) is 0 Å². The van der Waals surface area contributed by atoms with E-state index in [2.05, 4.69) is 10.6 Å². The Morgan fingerprint density at radius 2 is 2.23 bits per heavy atom. The van der Waals surface area contributed by atoms with E-state index in [9.17, 15) is 9.59 Å². The molecule has 22 heavy (non-hydrogen) atoms. The number of hydrogen-bond acceptors (Lipinski definition) is 3. The lowest BCUT2D eigenvalue weighted by Crippen LogP contribution is -2.48. The van der Waals surface area contributed by atoms with Gasteiger partial charge in [0.05, 0.1) is 0 Å².